The van der Waals surface area contributed by atoms with Crippen LogP contribution in [0.3, 0.4) is 0 Å². The summed E-state index contributed by atoms with van der Waals surface area (Å²) < 4.78 is 5.87. The Kier molecular flexibility index (Phi) is 4.63. The third-order valence-corrected chi connectivity index (χ3v) is 4.37. The number of ether oxygens (including phenoxy) is 1. The Morgan fingerprint density at radius 2 is 1.42 bits per heavy atom. The minimum atomic E-state index is 0.0653. The molecule has 0 aliphatic heterocycles. The van der Waals surface area contributed by atoms with Crippen LogP contribution in [0.2, 0.25) is 0 Å². The van der Waals surface area contributed by atoms with Gasteiger partial charge in [-0.1, -0.05) is 60.7 Å². The summed E-state index contributed by atoms with van der Waals surface area (Å²) in [5, 5.41) is 10.3. The number of para-hydroxylation sites is 1. The van der Waals surface area contributed by atoms with Gasteiger partial charge in [-0.2, -0.15) is 0 Å². The molecular formula is C23H19NO2. The van der Waals surface area contributed by atoms with Crippen LogP contribution >= 0.6 is 0 Å². The predicted molar refractivity (Wildman–Crippen MR) is 104 cm³/mol. The molecule has 0 radical (unpaired) electrons. The minimum Gasteiger partial charge on any atom is -0.487 e. The van der Waals surface area contributed by atoms with Gasteiger partial charge in [-0.05, 0) is 41.0 Å². The molecule has 0 saturated heterocycles. The summed E-state index contributed by atoms with van der Waals surface area (Å²) >= 11 is 0. The summed E-state index contributed by atoms with van der Waals surface area (Å²) in [6.45, 7) is 0.505. The number of pyridine rings is 1. The van der Waals surface area contributed by atoms with Crippen molar-refractivity contribution in [2.75, 3.05) is 0 Å². The van der Waals surface area contributed by atoms with E-state index in [1.54, 1.807) is 0 Å². The maximum atomic E-state index is 9.13. The number of nitrogens with zero attached hydrogens (tertiary/aromatic N) is 1. The molecule has 1 aromatic heterocycles. The molecule has 26 heavy (non-hydrogen) atoms. The first-order valence-corrected chi connectivity index (χ1v) is 8.59. The number of aliphatic hydroxyl groups is 1. The SMILES string of the molecule is OCc1ccc(-c2ccc(OCc3ccc4ccccc4n3)cc2)cc1. The highest BCUT2D eigenvalue weighted by Gasteiger charge is 2.02. The zero-order valence-electron chi connectivity index (χ0n) is 14.3. The van der Waals surface area contributed by atoms with Crippen molar-refractivity contribution < 1.29 is 9.84 Å². The van der Waals surface area contributed by atoms with Crippen LogP contribution < -0.4 is 4.74 Å². The first kappa shape index (κ1) is 16.3. The van der Waals surface area contributed by atoms with Gasteiger partial charge in [0.05, 0.1) is 17.8 Å². The van der Waals surface area contributed by atoms with Gasteiger partial charge in [0.1, 0.15) is 12.4 Å². The van der Waals surface area contributed by atoms with Crippen LogP contribution in [-0.2, 0) is 13.2 Å². The lowest BCUT2D eigenvalue weighted by Gasteiger charge is -2.08. The number of aliphatic hydroxyl groups excluding tert-OH is 1. The summed E-state index contributed by atoms with van der Waals surface area (Å²) in [6.07, 6.45) is 0. The second-order valence-corrected chi connectivity index (χ2v) is 6.16. The lowest BCUT2D eigenvalue weighted by Crippen LogP contribution is -1.98. The van der Waals surface area contributed by atoms with Crippen LogP contribution in [0, 0.1) is 0 Å². The highest BCUT2D eigenvalue weighted by Crippen LogP contribution is 2.23. The molecule has 0 spiro atoms. The third-order valence-electron chi connectivity index (χ3n) is 4.37. The molecule has 128 valence electrons. The van der Waals surface area contributed by atoms with E-state index in [1.165, 1.54) is 0 Å². The predicted octanol–water partition coefficient (Wildman–Crippen LogP) is 4.97. The van der Waals surface area contributed by atoms with Gasteiger partial charge in [0.25, 0.3) is 0 Å². The Labute approximate surface area is 152 Å². The Morgan fingerprint density at radius 1 is 0.731 bits per heavy atom. The van der Waals surface area contributed by atoms with E-state index < -0.39 is 0 Å². The average Bonchev–Trinajstić information content (AvgIpc) is 2.72. The van der Waals surface area contributed by atoms with E-state index in [0.29, 0.717) is 6.61 Å². The van der Waals surface area contributed by atoms with Crippen molar-refractivity contribution in [2.45, 2.75) is 13.2 Å². The number of fused-ring (bicyclic) bond motifs is 1. The zero-order valence-corrected chi connectivity index (χ0v) is 14.3. The standard InChI is InChI=1S/C23H19NO2/c25-15-17-5-7-18(8-6-17)19-10-13-22(14-11-19)26-16-21-12-9-20-3-1-2-4-23(20)24-21/h1-14,25H,15-16H2. The van der Waals surface area contributed by atoms with Crippen molar-refractivity contribution in [2.24, 2.45) is 0 Å². The van der Waals surface area contributed by atoms with Gasteiger partial charge < -0.3 is 9.84 Å². The fourth-order valence-corrected chi connectivity index (χ4v) is 2.89. The van der Waals surface area contributed by atoms with Crippen molar-refractivity contribution >= 4 is 10.9 Å². The summed E-state index contributed by atoms with van der Waals surface area (Å²) in [5.41, 5.74) is 5.04. The molecule has 1 N–H and O–H groups in total. The third kappa shape index (κ3) is 3.58. The van der Waals surface area contributed by atoms with E-state index in [2.05, 4.69) is 17.1 Å². The summed E-state index contributed by atoms with van der Waals surface area (Å²) in [7, 11) is 0. The van der Waals surface area contributed by atoms with Gasteiger partial charge in [0.15, 0.2) is 0 Å². The molecule has 0 amide bonds. The molecule has 0 atom stereocenters. The van der Waals surface area contributed by atoms with E-state index in [-0.39, 0.29) is 6.61 Å². The highest BCUT2D eigenvalue weighted by atomic mass is 16.5. The highest BCUT2D eigenvalue weighted by molar-refractivity contribution is 5.78. The topological polar surface area (TPSA) is 42.4 Å². The Bertz CT molecular complexity index is 1010. The summed E-state index contributed by atoms with van der Waals surface area (Å²) in [5.74, 6) is 0.815. The first-order valence-electron chi connectivity index (χ1n) is 8.59. The lowest BCUT2D eigenvalue weighted by atomic mass is 10.0. The molecule has 0 aliphatic rings. The Balaban J connectivity index is 1.44. The number of hydrogen-bond acceptors (Lipinski definition) is 3. The number of aromatic nitrogens is 1. The quantitative estimate of drug-likeness (QED) is 0.557. The van der Waals surface area contributed by atoms with Crippen LogP contribution in [0.4, 0.5) is 0 Å². The minimum absolute atomic E-state index is 0.0653. The largest absolute Gasteiger partial charge is 0.487 e. The molecule has 0 bridgehead atoms. The molecule has 3 heteroatoms. The van der Waals surface area contributed by atoms with Crippen LogP contribution in [0.5, 0.6) is 5.75 Å². The smallest absolute Gasteiger partial charge is 0.130 e. The maximum absolute atomic E-state index is 9.13. The van der Waals surface area contributed by atoms with E-state index in [9.17, 15) is 0 Å². The number of benzene rings is 3. The average molecular weight is 341 g/mol. The zero-order chi connectivity index (χ0) is 17.8. The fourth-order valence-electron chi connectivity index (χ4n) is 2.89. The van der Waals surface area contributed by atoms with Crippen LogP contribution in [0.15, 0.2) is 84.9 Å². The van der Waals surface area contributed by atoms with E-state index in [0.717, 1.165) is 39.0 Å². The fraction of sp³-hybridized carbons (Fsp3) is 0.0870. The van der Waals surface area contributed by atoms with Gasteiger partial charge in [-0.3, -0.25) is 0 Å². The van der Waals surface area contributed by atoms with Gasteiger partial charge >= 0.3 is 0 Å². The normalized spacial score (nSPS) is 10.8. The van der Waals surface area contributed by atoms with Crippen LogP contribution in [0.25, 0.3) is 22.0 Å². The second kappa shape index (κ2) is 7.38. The maximum Gasteiger partial charge on any atom is 0.130 e. The van der Waals surface area contributed by atoms with E-state index >= 15 is 0 Å². The Morgan fingerprint density at radius 3 is 2.15 bits per heavy atom. The Hall–Kier alpha value is -3.17. The van der Waals surface area contributed by atoms with Crippen LogP contribution in [0.1, 0.15) is 11.3 Å². The molecule has 4 aromatic rings. The second-order valence-electron chi connectivity index (χ2n) is 6.16. The first-order chi connectivity index (χ1) is 12.8. The lowest BCUT2D eigenvalue weighted by molar-refractivity contribution is 0.282. The molecular weight excluding hydrogens is 322 g/mol. The van der Waals surface area contributed by atoms with Crippen molar-refractivity contribution in [1.29, 1.82) is 0 Å². The van der Waals surface area contributed by atoms with Crippen molar-refractivity contribution in [1.82, 2.24) is 4.98 Å². The van der Waals surface area contributed by atoms with Gasteiger partial charge in [-0.25, -0.2) is 4.98 Å². The van der Waals surface area contributed by atoms with Crippen molar-refractivity contribution in [3.8, 4) is 16.9 Å². The number of rotatable bonds is 5. The van der Waals surface area contributed by atoms with Crippen molar-refractivity contribution in [3.05, 3.63) is 96.2 Å². The molecule has 1 heterocycles. The molecule has 4 rings (SSSR count). The molecule has 0 unspecified atom stereocenters. The van der Waals surface area contributed by atoms with Crippen molar-refractivity contribution in [3.63, 3.8) is 0 Å². The monoisotopic (exact) mass is 341 g/mol. The number of hydrogen-bond donors (Lipinski definition) is 1. The molecule has 0 fully saturated rings. The van der Waals surface area contributed by atoms with Gasteiger partial charge in [0, 0.05) is 5.39 Å². The molecule has 0 saturated carbocycles. The molecule has 3 nitrogen and oxygen atoms in total. The van der Waals surface area contributed by atoms with Crippen LogP contribution in [-0.4, -0.2) is 10.1 Å². The summed E-state index contributed by atoms with van der Waals surface area (Å²) in [4.78, 5) is 4.63. The molecule has 0 aliphatic carbocycles. The van der Waals surface area contributed by atoms with E-state index in [4.69, 9.17) is 9.84 Å². The summed E-state index contributed by atoms with van der Waals surface area (Å²) in [6, 6.07) is 28.1. The van der Waals surface area contributed by atoms with Gasteiger partial charge in [-0.15, -0.1) is 0 Å². The van der Waals surface area contributed by atoms with Gasteiger partial charge in [0.2, 0.25) is 0 Å². The van der Waals surface area contributed by atoms with E-state index in [1.807, 2.05) is 72.8 Å². The molecule has 3 aromatic carbocycles.